The van der Waals surface area contributed by atoms with Crippen LogP contribution in [0.1, 0.15) is 25.3 Å². The average Bonchev–Trinajstić information content (AvgIpc) is 2.77. The van der Waals surface area contributed by atoms with E-state index in [0.29, 0.717) is 10.7 Å². The summed E-state index contributed by atoms with van der Waals surface area (Å²) in [6, 6.07) is 0. The van der Waals surface area contributed by atoms with Gasteiger partial charge in [0.1, 0.15) is 17.3 Å². The third kappa shape index (κ3) is 2.13. The van der Waals surface area contributed by atoms with Crippen LogP contribution >= 0.6 is 11.6 Å². The van der Waals surface area contributed by atoms with Gasteiger partial charge in [-0.05, 0) is 12.3 Å². The van der Waals surface area contributed by atoms with Crippen molar-refractivity contribution in [3.8, 4) is 0 Å². The number of rotatable bonds is 3. The monoisotopic (exact) mass is 241 g/mol. The molecule has 1 fully saturated rings. The summed E-state index contributed by atoms with van der Waals surface area (Å²) in [6.07, 6.45) is 3.82. The van der Waals surface area contributed by atoms with Crippen LogP contribution in [0.3, 0.4) is 0 Å². The lowest BCUT2D eigenvalue weighted by Crippen LogP contribution is -2.22. The van der Waals surface area contributed by atoms with Crippen LogP contribution in [0.2, 0.25) is 5.15 Å². The van der Waals surface area contributed by atoms with E-state index >= 15 is 0 Å². The van der Waals surface area contributed by atoms with Crippen molar-refractivity contribution in [2.45, 2.75) is 26.4 Å². The molecule has 88 valence electrons. The first-order valence-electron chi connectivity index (χ1n) is 5.61. The number of aliphatic hydroxyl groups is 1. The first kappa shape index (κ1) is 11.6. The molecule has 1 unspecified atom stereocenters. The predicted molar refractivity (Wildman–Crippen MR) is 63.6 cm³/mol. The van der Waals surface area contributed by atoms with E-state index in [-0.39, 0.29) is 6.61 Å². The van der Waals surface area contributed by atoms with Crippen LogP contribution in [0.25, 0.3) is 0 Å². The van der Waals surface area contributed by atoms with Crippen molar-refractivity contribution < 1.29 is 5.11 Å². The Hall–Kier alpha value is -0.870. The standard InChI is InChI=1S/C11H16ClN3O/c1-2-8-3-4-15(5-8)11-9(6-16)10(12)13-7-14-11/h7-8,16H,2-6H2,1H3. The minimum Gasteiger partial charge on any atom is -0.391 e. The van der Waals surface area contributed by atoms with E-state index in [1.807, 2.05) is 0 Å². The van der Waals surface area contributed by atoms with E-state index in [2.05, 4.69) is 21.8 Å². The van der Waals surface area contributed by atoms with Gasteiger partial charge in [0.2, 0.25) is 0 Å². The Morgan fingerprint density at radius 3 is 3.00 bits per heavy atom. The highest BCUT2D eigenvalue weighted by atomic mass is 35.5. The molecule has 4 nitrogen and oxygen atoms in total. The molecule has 2 heterocycles. The fourth-order valence-electron chi connectivity index (χ4n) is 2.15. The zero-order valence-corrected chi connectivity index (χ0v) is 10.1. The summed E-state index contributed by atoms with van der Waals surface area (Å²) < 4.78 is 0. The smallest absolute Gasteiger partial charge is 0.140 e. The zero-order valence-electron chi connectivity index (χ0n) is 9.36. The van der Waals surface area contributed by atoms with Crippen molar-refractivity contribution in [2.75, 3.05) is 18.0 Å². The van der Waals surface area contributed by atoms with Gasteiger partial charge in [-0.15, -0.1) is 0 Å². The van der Waals surface area contributed by atoms with E-state index in [0.717, 1.165) is 24.8 Å². The highest BCUT2D eigenvalue weighted by Gasteiger charge is 2.24. The average molecular weight is 242 g/mol. The van der Waals surface area contributed by atoms with Crippen LogP contribution in [-0.4, -0.2) is 28.2 Å². The quantitative estimate of drug-likeness (QED) is 0.821. The normalized spacial score (nSPS) is 20.4. The van der Waals surface area contributed by atoms with E-state index in [1.54, 1.807) is 0 Å². The molecule has 1 aliphatic heterocycles. The molecule has 0 saturated carbocycles. The van der Waals surface area contributed by atoms with Gasteiger partial charge in [0, 0.05) is 13.1 Å². The van der Waals surface area contributed by atoms with Gasteiger partial charge in [0.25, 0.3) is 0 Å². The van der Waals surface area contributed by atoms with Gasteiger partial charge in [0.05, 0.1) is 12.2 Å². The molecule has 0 amide bonds. The van der Waals surface area contributed by atoms with Crippen molar-refractivity contribution in [3.05, 3.63) is 17.0 Å². The van der Waals surface area contributed by atoms with Crippen molar-refractivity contribution in [2.24, 2.45) is 5.92 Å². The molecule has 5 heteroatoms. The Balaban J connectivity index is 2.24. The van der Waals surface area contributed by atoms with E-state index < -0.39 is 0 Å². The predicted octanol–water partition coefficient (Wildman–Crippen LogP) is 1.86. The molecule has 1 saturated heterocycles. The van der Waals surface area contributed by atoms with Crippen LogP contribution in [0.4, 0.5) is 5.82 Å². The summed E-state index contributed by atoms with van der Waals surface area (Å²) >= 11 is 5.94. The number of aliphatic hydroxyl groups excluding tert-OH is 1. The summed E-state index contributed by atoms with van der Waals surface area (Å²) in [6.45, 7) is 4.08. The first-order valence-corrected chi connectivity index (χ1v) is 5.99. The molecule has 1 aromatic rings. The minimum atomic E-state index is -0.109. The molecule has 0 bridgehead atoms. The van der Waals surface area contributed by atoms with Crippen LogP contribution in [0.5, 0.6) is 0 Å². The molecule has 1 atom stereocenters. The largest absolute Gasteiger partial charge is 0.391 e. The third-order valence-corrected chi connectivity index (χ3v) is 3.52. The SMILES string of the molecule is CCC1CCN(c2ncnc(Cl)c2CO)C1. The Kier molecular flexibility index (Phi) is 3.61. The second-order valence-electron chi connectivity index (χ2n) is 4.13. The maximum Gasteiger partial charge on any atom is 0.140 e. The van der Waals surface area contributed by atoms with E-state index in [4.69, 9.17) is 11.6 Å². The molecule has 1 aromatic heterocycles. The minimum absolute atomic E-state index is 0.109. The number of anilines is 1. The summed E-state index contributed by atoms with van der Waals surface area (Å²) in [5, 5.41) is 9.65. The summed E-state index contributed by atoms with van der Waals surface area (Å²) in [5.41, 5.74) is 0.640. The zero-order chi connectivity index (χ0) is 11.5. The fraction of sp³-hybridized carbons (Fsp3) is 0.636. The van der Waals surface area contributed by atoms with Gasteiger partial charge in [-0.2, -0.15) is 0 Å². The topological polar surface area (TPSA) is 49.2 Å². The maximum absolute atomic E-state index is 9.29. The second kappa shape index (κ2) is 4.97. The van der Waals surface area contributed by atoms with Crippen molar-refractivity contribution in [3.63, 3.8) is 0 Å². The molecule has 0 aliphatic carbocycles. The lowest BCUT2D eigenvalue weighted by molar-refractivity contribution is 0.281. The summed E-state index contributed by atoms with van der Waals surface area (Å²) in [7, 11) is 0. The molecule has 16 heavy (non-hydrogen) atoms. The second-order valence-corrected chi connectivity index (χ2v) is 4.49. The lowest BCUT2D eigenvalue weighted by Gasteiger charge is -2.20. The molecule has 0 spiro atoms. The molecular formula is C11H16ClN3O. The highest BCUT2D eigenvalue weighted by molar-refractivity contribution is 6.30. The number of hydrogen-bond acceptors (Lipinski definition) is 4. The van der Waals surface area contributed by atoms with Gasteiger partial charge in [-0.1, -0.05) is 24.9 Å². The lowest BCUT2D eigenvalue weighted by atomic mass is 10.1. The molecule has 0 radical (unpaired) electrons. The number of aromatic nitrogens is 2. The van der Waals surface area contributed by atoms with E-state index in [1.165, 1.54) is 19.2 Å². The Morgan fingerprint density at radius 2 is 2.38 bits per heavy atom. The van der Waals surface area contributed by atoms with Crippen LogP contribution in [0, 0.1) is 5.92 Å². The Morgan fingerprint density at radius 1 is 1.56 bits per heavy atom. The van der Waals surface area contributed by atoms with Crippen LogP contribution in [-0.2, 0) is 6.61 Å². The van der Waals surface area contributed by atoms with Gasteiger partial charge < -0.3 is 10.0 Å². The number of nitrogens with zero attached hydrogens (tertiary/aromatic N) is 3. The van der Waals surface area contributed by atoms with Gasteiger partial charge in [-0.3, -0.25) is 0 Å². The maximum atomic E-state index is 9.29. The third-order valence-electron chi connectivity index (χ3n) is 3.19. The summed E-state index contributed by atoms with van der Waals surface area (Å²) in [5.74, 6) is 1.51. The van der Waals surface area contributed by atoms with Gasteiger partial charge >= 0.3 is 0 Å². The van der Waals surface area contributed by atoms with Crippen molar-refractivity contribution in [1.29, 1.82) is 0 Å². The van der Waals surface area contributed by atoms with Crippen molar-refractivity contribution in [1.82, 2.24) is 9.97 Å². The van der Waals surface area contributed by atoms with Crippen molar-refractivity contribution >= 4 is 17.4 Å². The Bertz CT molecular complexity index is 372. The molecular weight excluding hydrogens is 226 g/mol. The van der Waals surface area contributed by atoms with Crippen LogP contribution in [0.15, 0.2) is 6.33 Å². The van der Waals surface area contributed by atoms with Gasteiger partial charge in [0.15, 0.2) is 0 Å². The molecule has 1 N–H and O–H groups in total. The molecule has 0 aromatic carbocycles. The molecule has 2 rings (SSSR count). The Labute approximate surface area is 100 Å². The van der Waals surface area contributed by atoms with E-state index in [9.17, 15) is 5.11 Å². The molecule has 1 aliphatic rings. The fourth-order valence-corrected chi connectivity index (χ4v) is 2.34. The number of halogens is 1. The number of hydrogen-bond donors (Lipinski definition) is 1. The summed E-state index contributed by atoms with van der Waals surface area (Å²) in [4.78, 5) is 10.3. The highest BCUT2D eigenvalue weighted by Crippen LogP contribution is 2.29. The van der Waals surface area contributed by atoms with Crippen LogP contribution < -0.4 is 4.90 Å². The van der Waals surface area contributed by atoms with Gasteiger partial charge in [-0.25, -0.2) is 9.97 Å². The first-order chi connectivity index (χ1) is 7.76.